The van der Waals surface area contributed by atoms with Gasteiger partial charge in [-0.05, 0) is 45.5 Å². The van der Waals surface area contributed by atoms with Gasteiger partial charge in [0.2, 0.25) is 0 Å². The Morgan fingerprint density at radius 2 is 2.22 bits per heavy atom. The van der Waals surface area contributed by atoms with E-state index in [1.54, 1.807) is 11.8 Å². The second kappa shape index (κ2) is 9.21. The predicted octanol–water partition coefficient (Wildman–Crippen LogP) is 3.16. The number of nitriles is 1. The van der Waals surface area contributed by atoms with E-state index in [0.29, 0.717) is 10.8 Å². The van der Waals surface area contributed by atoms with Crippen LogP contribution in [0.2, 0.25) is 0 Å². The molecule has 0 aliphatic heterocycles. The normalized spacial score (nSPS) is 11.4. The molecule has 1 unspecified atom stereocenters. The van der Waals surface area contributed by atoms with Gasteiger partial charge in [-0.3, -0.25) is 0 Å². The molecule has 3 nitrogen and oxygen atoms in total. The standard InChI is InChI=1S/C13H19N3S.ClH/c1-4-12(7-8-15-3)17-13-11(9-14)6-5-10(2)16-13;/h5-6,12,15H,4,7-8H2,1-3H3;1H. The van der Waals surface area contributed by atoms with Crippen molar-refractivity contribution in [1.82, 2.24) is 10.3 Å². The Labute approximate surface area is 120 Å². The molecule has 18 heavy (non-hydrogen) atoms. The summed E-state index contributed by atoms with van der Waals surface area (Å²) in [7, 11) is 1.96. The van der Waals surface area contributed by atoms with Crippen molar-refractivity contribution in [2.75, 3.05) is 13.6 Å². The first kappa shape index (κ1) is 17.2. The van der Waals surface area contributed by atoms with Crippen LogP contribution in [0, 0.1) is 18.3 Å². The van der Waals surface area contributed by atoms with Gasteiger partial charge in [-0.2, -0.15) is 5.26 Å². The molecule has 1 heterocycles. The zero-order valence-corrected chi connectivity index (χ0v) is 12.7. The Morgan fingerprint density at radius 3 is 2.78 bits per heavy atom. The summed E-state index contributed by atoms with van der Waals surface area (Å²) in [6, 6.07) is 5.95. The van der Waals surface area contributed by atoms with Gasteiger partial charge in [-0.1, -0.05) is 6.92 Å². The van der Waals surface area contributed by atoms with Gasteiger partial charge in [0.25, 0.3) is 0 Å². The van der Waals surface area contributed by atoms with Crippen molar-refractivity contribution in [2.24, 2.45) is 0 Å². The number of thioether (sulfide) groups is 1. The summed E-state index contributed by atoms with van der Waals surface area (Å²) < 4.78 is 0. The molecule has 0 amide bonds. The highest BCUT2D eigenvalue weighted by molar-refractivity contribution is 7.99. The van der Waals surface area contributed by atoms with E-state index in [4.69, 9.17) is 5.26 Å². The van der Waals surface area contributed by atoms with Crippen molar-refractivity contribution < 1.29 is 0 Å². The van der Waals surface area contributed by atoms with Crippen LogP contribution in [-0.4, -0.2) is 23.8 Å². The SMILES string of the molecule is CCC(CCNC)Sc1nc(C)ccc1C#N.Cl. The van der Waals surface area contributed by atoms with Gasteiger partial charge in [0, 0.05) is 10.9 Å². The predicted molar refractivity (Wildman–Crippen MR) is 79.4 cm³/mol. The summed E-state index contributed by atoms with van der Waals surface area (Å²) in [5.41, 5.74) is 1.65. The van der Waals surface area contributed by atoms with Gasteiger partial charge in [0.1, 0.15) is 11.1 Å². The Balaban J connectivity index is 0.00000289. The van der Waals surface area contributed by atoms with Gasteiger partial charge in [-0.25, -0.2) is 4.98 Å². The van der Waals surface area contributed by atoms with Gasteiger partial charge in [0.05, 0.1) is 5.56 Å². The molecule has 0 spiro atoms. The van der Waals surface area contributed by atoms with E-state index in [1.165, 1.54) is 0 Å². The van der Waals surface area contributed by atoms with Crippen molar-refractivity contribution in [3.8, 4) is 6.07 Å². The summed E-state index contributed by atoms with van der Waals surface area (Å²) >= 11 is 1.72. The number of pyridine rings is 1. The maximum atomic E-state index is 9.06. The zero-order valence-electron chi connectivity index (χ0n) is 11.1. The first-order valence-electron chi connectivity index (χ1n) is 5.90. The lowest BCUT2D eigenvalue weighted by Gasteiger charge is -2.14. The molecule has 1 N–H and O–H groups in total. The summed E-state index contributed by atoms with van der Waals surface area (Å²) in [4.78, 5) is 4.46. The maximum Gasteiger partial charge on any atom is 0.114 e. The fraction of sp³-hybridized carbons (Fsp3) is 0.538. The molecule has 0 aliphatic carbocycles. The minimum absolute atomic E-state index is 0. The Bertz CT molecular complexity index is 404. The van der Waals surface area contributed by atoms with Crippen LogP contribution in [0.4, 0.5) is 0 Å². The molecular weight excluding hydrogens is 266 g/mol. The minimum atomic E-state index is 0. The van der Waals surface area contributed by atoms with E-state index in [9.17, 15) is 0 Å². The fourth-order valence-electron chi connectivity index (χ4n) is 1.52. The largest absolute Gasteiger partial charge is 0.320 e. The summed E-state index contributed by atoms with van der Waals surface area (Å²) in [6.07, 6.45) is 2.19. The van der Waals surface area contributed by atoms with Crippen molar-refractivity contribution in [1.29, 1.82) is 5.26 Å². The van der Waals surface area contributed by atoms with Gasteiger partial charge >= 0.3 is 0 Å². The molecule has 0 fully saturated rings. The number of hydrogen-bond donors (Lipinski definition) is 1. The highest BCUT2D eigenvalue weighted by Crippen LogP contribution is 2.28. The highest BCUT2D eigenvalue weighted by Gasteiger charge is 2.12. The second-order valence-corrected chi connectivity index (χ2v) is 5.25. The van der Waals surface area contributed by atoms with Crippen LogP contribution >= 0.6 is 24.2 Å². The van der Waals surface area contributed by atoms with E-state index < -0.39 is 0 Å². The number of rotatable bonds is 6. The van der Waals surface area contributed by atoms with E-state index >= 15 is 0 Å². The second-order valence-electron chi connectivity index (χ2n) is 3.96. The minimum Gasteiger partial charge on any atom is -0.320 e. The average molecular weight is 286 g/mol. The molecule has 1 rings (SSSR count). The topological polar surface area (TPSA) is 48.7 Å². The lowest BCUT2D eigenvalue weighted by atomic mass is 10.2. The Hall–Kier alpha value is -0.760. The third-order valence-corrected chi connectivity index (χ3v) is 4.01. The Morgan fingerprint density at radius 1 is 1.50 bits per heavy atom. The monoisotopic (exact) mass is 285 g/mol. The van der Waals surface area contributed by atoms with E-state index in [1.807, 2.05) is 26.1 Å². The molecule has 0 aromatic carbocycles. The first-order valence-corrected chi connectivity index (χ1v) is 6.78. The van der Waals surface area contributed by atoms with E-state index in [-0.39, 0.29) is 12.4 Å². The first-order chi connectivity index (χ1) is 8.21. The number of hydrogen-bond acceptors (Lipinski definition) is 4. The molecule has 100 valence electrons. The van der Waals surface area contributed by atoms with Crippen LogP contribution in [0.15, 0.2) is 17.2 Å². The molecule has 0 saturated heterocycles. The highest BCUT2D eigenvalue weighted by atomic mass is 35.5. The molecule has 0 saturated carbocycles. The number of aromatic nitrogens is 1. The number of nitrogens with zero attached hydrogens (tertiary/aromatic N) is 2. The number of aryl methyl sites for hydroxylation is 1. The fourth-order valence-corrected chi connectivity index (χ4v) is 2.67. The van der Waals surface area contributed by atoms with Crippen LogP contribution < -0.4 is 5.32 Å². The van der Waals surface area contributed by atoms with Crippen LogP contribution in [-0.2, 0) is 0 Å². The van der Waals surface area contributed by atoms with Crippen LogP contribution in [0.25, 0.3) is 0 Å². The van der Waals surface area contributed by atoms with Crippen molar-refractivity contribution in [3.63, 3.8) is 0 Å². The molecule has 0 radical (unpaired) electrons. The molecular formula is C13H20ClN3S. The number of halogens is 1. The van der Waals surface area contributed by atoms with E-state index in [0.717, 1.165) is 30.1 Å². The third kappa shape index (κ3) is 5.26. The molecule has 1 atom stereocenters. The van der Waals surface area contributed by atoms with Crippen LogP contribution in [0.3, 0.4) is 0 Å². The van der Waals surface area contributed by atoms with Crippen molar-refractivity contribution in [3.05, 3.63) is 23.4 Å². The quantitative estimate of drug-likeness (QED) is 0.816. The molecule has 0 aliphatic rings. The molecule has 1 aromatic rings. The lowest BCUT2D eigenvalue weighted by Crippen LogP contribution is -2.14. The van der Waals surface area contributed by atoms with Crippen LogP contribution in [0.5, 0.6) is 0 Å². The molecule has 0 bridgehead atoms. The average Bonchev–Trinajstić information content (AvgIpc) is 2.34. The molecule has 5 heteroatoms. The summed E-state index contributed by atoms with van der Waals surface area (Å²) in [5, 5.41) is 13.6. The van der Waals surface area contributed by atoms with Crippen LogP contribution in [0.1, 0.15) is 31.0 Å². The summed E-state index contributed by atoms with van der Waals surface area (Å²) in [6.45, 7) is 5.13. The van der Waals surface area contributed by atoms with Crippen molar-refractivity contribution in [2.45, 2.75) is 37.0 Å². The number of nitrogens with one attached hydrogen (secondary N) is 1. The van der Waals surface area contributed by atoms with Gasteiger partial charge in [0.15, 0.2) is 0 Å². The smallest absolute Gasteiger partial charge is 0.114 e. The maximum absolute atomic E-state index is 9.06. The van der Waals surface area contributed by atoms with Gasteiger partial charge in [-0.15, -0.1) is 24.2 Å². The Kier molecular flexibility index (Phi) is 8.82. The summed E-state index contributed by atoms with van der Waals surface area (Å²) in [5.74, 6) is 0. The van der Waals surface area contributed by atoms with Gasteiger partial charge < -0.3 is 5.32 Å². The zero-order chi connectivity index (χ0) is 12.7. The van der Waals surface area contributed by atoms with E-state index in [2.05, 4.69) is 23.3 Å². The lowest BCUT2D eigenvalue weighted by molar-refractivity contribution is 0.679. The van der Waals surface area contributed by atoms with Crippen molar-refractivity contribution >= 4 is 24.2 Å². The molecule has 1 aromatic heterocycles. The third-order valence-electron chi connectivity index (χ3n) is 2.57.